The summed E-state index contributed by atoms with van der Waals surface area (Å²) in [6, 6.07) is 13.0. The molecule has 2 aromatic carbocycles. The van der Waals surface area contributed by atoms with Crippen LogP contribution in [0.1, 0.15) is 12.0 Å². The van der Waals surface area contributed by atoms with Crippen LogP contribution in [0.15, 0.2) is 36.4 Å². The summed E-state index contributed by atoms with van der Waals surface area (Å²) in [5.41, 5.74) is 1.26. The summed E-state index contributed by atoms with van der Waals surface area (Å²) in [5, 5.41) is 15.0. The first-order valence-corrected chi connectivity index (χ1v) is 8.56. The van der Waals surface area contributed by atoms with Crippen LogP contribution >= 0.6 is 11.8 Å². The molecule has 0 aromatic heterocycles. The number of methoxy groups -OCH3 is 1. The summed E-state index contributed by atoms with van der Waals surface area (Å²) in [7, 11) is 1.69. The minimum Gasteiger partial charge on any atom is -0.497 e. The van der Waals surface area contributed by atoms with E-state index in [1.165, 1.54) is 16.3 Å². The highest BCUT2D eigenvalue weighted by molar-refractivity contribution is 7.98. The molecular formula is C17H23NO2S. The summed E-state index contributed by atoms with van der Waals surface area (Å²) in [6.07, 6.45) is 2.89. The summed E-state index contributed by atoms with van der Waals surface area (Å²) in [6.45, 7) is 1.06. The maximum absolute atomic E-state index is 9.09. The van der Waals surface area contributed by atoms with Crippen molar-refractivity contribution in [1.29, 1.82) is 0 Å². The summed E-state index contributed by atoms with van der Waals surface area (Å²) >= 11 is 1.80. The Morgan fingerprint density at radius 3 is 2.67 bits per heavy atom. The van der Waals surface area contributed by atoms with E-state index < -0.39 is 0 Å². The second kappa shape index (κ2) is 8.27. The molecule has 0 saturated heterocycles. The van der Waals surface area contributed by atoms with Gasteiger partial charge < -0.3 is 15.2 Å². The molecule has 0 heterocycles. The summed E-state index contributed by atoms with van der Waals surface area (Å²) in [4.78, 5) is 0. The summed E-state index contributed by atoms with van der Waals surface area (Å²) in [5.74, 6) is 1.90. The van der Waals surface area contributed by atoms with Crippen LogP contribution in [0.3, 0.4) is 0 Å². The van der Waals surface area contributed by atoms with Crippen molar-refractivity contribution in [3.05, 3.63) is 42.0 Å². The Bertz CT molecular complexity index is 568. The second-order valence-electron chi connectivity index (χ2n) is 5.09. The van der Waals surface area contributed by atoms with Crippen LogP contribution < -0.4 is 10.1 Å². The maximum Gasteiger partial charge on any atom is 0.119 e. The molecule has 2 aromatic rings. The van der Waals surface area contributed by atoms with E-state index in [9.17, 15) is 0 Å². The van der Waals surface area contributed by atoms with Crippen molar-refractivity contribution in [2.75, 3.05) is 25.7 Å². The van der Waals surface area contributed by atoms with Gasteiger partial charge in [0.05, 0.1) is 7.11 Å². The van der Waals surface area contributed by atoms with Gasteiger partial charge in [-0.25, -0.2) is 0 Å². The Labute approximate surface area is 130 Å². The van der Waals surface area contributed by atoms with Crippen molar-refractivity contribution in [1.82, 2.24) is 5.32 Å². The number of hydrogen-bond acceptors (Lipinski definition) is 4. The van der Waals surface area contributed by atoms with E-state index in [1.54, 1.807) is 18.9 Å². The number of ether oxygens (including phenoxy) is 1. The highest BCUT2D eigenvalue weighted by Crippen LogP contribution is 2.22. The van der Waals surface area contributed by atoms with Gasteiger partial charge in [-0.3, -0.25) is 0 Å². The Morgan fingerprint density at radius 2 is 1.95 bits per heavy atom. The lowest BCUT2D eigenvalue weighted by molar-refractivity contribution is 0.270. The van der Waals surface area contributed by atoms with Gasteiger partial charge >= 0.3 is 0 Å². The molecule has 2 rings (SSSR count). The van der Waals surface area contributed by atoms with Crippen molar-refractivity contribution in [2.24, 2.45) is 0 Å². The number of benzene rings is 2. The molecule has 4 heteroatoms. The molecule has 1 unspecified atom stereocenters. The first-order chi connectivity index (χ1) is 10.3. The van der Waals surface area contributed by atoms with Crippen LogP contribution in [-0.2, 0) is 6.54 Å². The lowest BCUT2D eigenvalue weighted by Gasteiger charge is -2.17. The largest absolute Gasteiger partial charge is 0.497 e. The van der Waals surface area contributed by atoms with Gasteiger partial charge in [-0.05, 0) is 47.2 Å². The van der Waals surface area contributed by atoms with Gasteiger partial charge in [0.1, 0.15) is 5.75 Å². The van der Waals surface area contributed by atoms with E-state index >= 15 is 0 Å². The minimum absolute atomic E-state index is 0.232. The van der Waals surface area contributed by atoms with Crippen molar-refractivity contribution in [2.45, 2.75) is 19.0 Å². The minimum atomic E-state index is 0.232. The lowest BCUT2D eigenvalue weighted by Crippen LogP contribution is -2.31. The van der Waals surface area contributed by atoms with E-state index in [4.69, 9.17) is 9.84 Å². The van der Waals surface area contributed by atoms with Gasteiger partial charge in [-0.1, -0.05) is 18.2 Å². The fourth-order valence-electron chi connectivity index (χ4n) is 2.37. The van der Waals surface area contributed by atoms with Crippen molar-refractivity contribution in [3.63, 3.8) is 0 Å². The van der Waals surface area contributed by atoms with Gasteiger partial charge in [0.2, 0.25) is 0 Å². The summed E-state index contributed by atoms with van der Waals surface area (Å²) < 4.78 is 5.25. The Hall–Kier alpha value is -1.23. The molecule has 21 heavy (non-hydrogen) atoms. The number of nitrogens with one attached hydrogen (secondary N) is 1. The van der Waals surface area contributed by atoms with Crippen LogP contribution in [0.25, 0.3) is 10.8 Å². The number of hydrogen-bond donors (Lipinski definition) is 2. The highest BCUT2D eigenvalue weighted by atomic mass is 32.2. The number of aliphatic hydroxyl groups excluding tert-OH is 1. The third kappa shape index (κ3) is 4.63. The standard InChI is InChI=1S/C17H23NO2S/c1-20-17-6-5-14-9-13(3-4-15(14)10-17)11-18-16(7-8-19)12-21-2/h3-6,9-10,16,18-19H,7-8,11-12H2,1-2H3. The topological polar surface area (TPSA) is 41.5 Å². The zero-order valence-electron chi connectivity index (χ0n) is 12.6. The predicted octanol–water partition coefficient (Wildman–Crippen LogP) is 3.05. The number of aliphatic hydroxyl groups is 1. The maximum atomic E-state index is 9.09. The van der Waals surface area contributed by atoms with Crippen LogP contribution in [0.5, 0.6) is 5.75 Å². The average molecular weight is 305 g/mol. The molecule has 0 aliphatic carbocycles. The predicted molar refractivity (Wildman–Crippen MR) is 91.2 cm³/mol. The van der Waals surface area contributed by atoms with Crippen LogP contribution in [0.2, 0.25) is 0 Å². The van der Waals surface area contributed by atoms with Crippen LogP contribution in [0, 0.1) is 0 Å². The van der Waals surface area contributed by atoms with E-state index in [2.05, 4.69) is 41.9 Å². The SMILES string of the molecule is COc1ccc2cc(CNC(CCO)CSC)ccc2c1. The average Bonchev–Trinajstić information content (AvgIpc) is 2.52. The van der Waals surface area contributed by atoms with Gasteiger partial charge in [-0.15, -0.1) is 0 Å². The Balaban J connectivity index is 2.05. The van der Waals surface area contributed by atoms with E-state index in [0.717, 1.165) is 24.5 Å². The molecular weight excluding hydrogens is 282 g/mol. The third-order valence-corrected chi connectivity index (χ3v) is 4.29. The normalized spacial score (nSPS) is 12.5. The molecule has 0 radical (unpaired) electrons. The lowest BCUT2D eigenvalue weighted by atomic mass is 10.1. The van der Waals surface area contributed by atoms with Crippen molar-refractivity contribution >= 4 is 22.5 Å². The van der Waals surface area contributed by atoms with E-state index in [-0.39, 0.29) is 6.61 Å². The second-order valence-corrected chi connectivity index (χ2v) is 6.00. The highest BCUT2D eigenvalue weighted by Gasteiger charge is 2.07. The smallest absolute Gasteiger partial charge is 0.119 e. The molecule has 0 amide bonds. The monoisotopic (exact) mass is 305 g/mol. The van der Waals surface area contributed by atoms with Gasteiger partial charge in [0.25, 0.3) is 0 Å². The first kappa shape index (κ1) is 16.1. The molecule has 0 bridgehead atoms. The molecule has 0 spiro atoms. The first-order valence-electron chi connectivity index (χ1n) is 7.16. The Kier molecular flexibility index (Phi) is 6.36. The zero-order valence-corrected chi connectivity index (χ0v) is 13.5. The molecule has 114 valence electrons. The van der Waals surface area contributed by atoms with Crippen LogP contribution in [-0.4, -0.2) is 36.9 Å². The third-order valence-electron chi connectivity index (χ3n) is 3.55. The fraction of sp³-hybridized carbons (Fsp3) is 0.412. The molecule has 0 fully saturated rings. The van der Waals surface area contributed by atoms with Gasteiger partial charge in [-0.2, -0.15) is 11.8 Å². The fourth-order valence-corrected chi connectivity index (χ4v) is 3.06. The van der Waals surface area contributed by atoms with Crippen molar-refractivity contribution < 1.29 is 9.84 Å². The van der Waals surface area contributed by atoms with Gasteiger partial charge in [0.15, 0.2) is 0 Å². The molecule has 3 nitrogen and oxygen atoms in total. The van der Waals surface area contributed by atoms with Crippen LogP contribution in [0.4, 0.5) is 0 Å². The number of thioether (sulfide) groups is 1. The quantitative estimate of drug-likeness (QED) is 0.786. The number of fused-ring (bicyclic) bond motifs is 1. The zero-order chi connectivity index (χ0) is 15.1. The van der Waals surface area contributed by atoms with Gasteiger partial charge in [0, 0.05) is 24.9 Å². The van der Waals surface area contributed by atoms with E-state index in [1.807, 2.05) is 6.07 Å². The van der Waals surface area contributed by atoms with E-state index in [0.29, 0.717) is 6.04 Å². The van der Waals surface area contributed by atoms with Crippen molar-refractivity contribution in [3.8, 4) is 5.75 Å². The molecule has 2 N–H and O–H groups in total. The Morgan fingerprint density at radius 1 is 1.19 bits per heavy atom. The number of rotatable bonds is 8. The molecule has 0 aliphatic heterocycles. The molecule has 1 atom stereocenters. The molecule has 0 saturated carbocycles. The molecule has 0 aliphatic rings.